The Morgan fingerprint density at radius 1 is 1.05 bits per heavy atom. The maximum Gasteiger partial charge on any atom is 0.319 e. The number of benzene rings is 2. The lowest BCUT2D eigenvalue weighted by Crippen LogP contribution is -2.28. The van der Waals surface area contributed by atoms with Gasteiger partial charge in [0.05, 0.1) is 0 Å². The number of aryl methyl sites for hydroxylation is 1. The topological polar surface area (TPSA) is 59.6 Å². The van der Waals surface area contributed by atoms with Crippen LogP contribution in [0.1, 0.15) is 11.1 Å². The molecule has 1 aliphatic heterocycles. The van der Waals surface area contributed by atoms with E-state index in [1.165, 1.54) is 5.56 Å². The van der Waals surface area contributed by atoms with Crippen molar-refractivity contribution in [3.8, 4) is 11.5 Å². The van der Waals surface area contributed by atoms with Crippen LogP contribution < -0.4 is 20.1 Å². The van der Waals surface area contributed by atoms with Gasteiger partial charge in [-0.25, -0.2) is 4.79 Å². The number of anilines is 1. The number of hydrogen-bond acceptors (Lipinski definition) is 3. The van der Waals surface area contributed by atoms with Crippen molar-refractivity contribution in [1.82, 2.24) is 5.32 Å². The number of urea groups is 1. The molecule has 5 heteroatoms. The fourth-order valence-corrected chi connectivity index (χ4v) is 2.18. The lowest BCUT2D eigenvalue weighted by atomic mass is 10.1. The summed E-state index contributed by atoms with van der Waals surface area (Å²) in [6.45, 7) is 3.59. The Kier molecular flexibility index (Phi) is 4.14. The molecule has 2 amide bonds. The lowest BCUT2D eigenvalue weighted by molar-refractivity contribution is 0.171. The van der Waals surface area contributed by atoms with Gasteiger partial charge in [0.25, 0.3) is 0 Å². The fraction of sp³-hybridized carbons (Fsp3) is 0.235. The van der Waals surface area contributed by atoms with Crippen molar-refractivity contribution in [2.45, 2.75) is 13.5 Å². The molecule has 0 saturated carbocycles. The van der Waals surface area contributed by atoms with Gasteiger partial charge in [0.1, 0.15) is 13.2 Å². The van der Waals surface area contributed by atoms with Crippen molar-refractivity contribution in [1.29, 1.82) is 0 Å². The van der Waals surface area contributed by atoms with E-state index in [2.05, 4.69) is 10.6 Å². The maximum atomic E-state index is 11.9. The summed E-state index contributed by atoms with van der Waals surface area (Å²) in [7, 11) is 0. The van der Waals surface area contributed by atoms with Crippen LogP contribution in [0.3, 0.4) is 0 Å². The minimum Gasteiger partial charge on any atom is -0.486 e. The Labute approximate surface area is 129 Å². The molecule has 0 saturated heterocycles. The first kappa shape index (κ1) is 14.3. The minimum absolute atomic E-state index is 0.253. The van der Waals surface area contributed by atoms with Crippen molar-refractivity contribution < 1.29 is 14.3 Å². The number of amides is 2. The van der Waals surface area contributed by atoms with Gasteiger partial charge in [0.15, 0.2) is 11.5 Å². The number of nitrogens with one attached hydrogen (secondary N) is 2. The molecule has 1 aliphatic rings. The van der Waals surface area contributed by atoms with Gasteiger partial charge in [-0.2, -0.15) is 0 Å². The number of carbonyl (C=O) groups excluding carboxylic acids is 1. The van der Waals surface area contributed by atoms with Gasteiger partial charge in [-0.15, -0.1) is 0 Å². The number of hydrogen-bond donors (Lipinski definition) is 2. The molecular weight excluding hydrogens is 280 g/mol. The first-order valence-electron chi connectivity index (χ1n) is 7.21. The Morgan fingerprint density at radius 3 is 2.55 bits per heavy atom. The summed E-state index contributed by atoms with van der Waals surface area (Å²) in [5, 5.41) is 5.61. The summed E-state index contributed by atoms with van der Waals surface area (Å²) >= 11 is 0. The quantitative estimate of drug-likeness (QED) is 0.915. The van der Waals surface area contributed by atoms with Crippen LogP contribution in [0, 0.1) is 6.92 Å². The largest absolute Gasteiger partial charge is 0.486 e. The highest BCUT2D eigenvalue weighted by atomic mass is 16.6. The van der Waals surface area contributed by atoms with E-state index in [-0.39, 0.29) is 6.03 Å². The van der Waals surface area contributed by atoms with E-state index in [0.717, 1.165) is 5.56 Å². The molecule has 0 fully saturated rings. The van der Waals surface area contributed by atoms with Crippen molar-refractivity contribution in [2.24, 2.45) is 0 Å². The van der Waals surface area contributed by atoms with Gasteiger partial charge < -0.3 is 20.1 Å². The van der Waals surface area contributed by atoms with E-state index in [1.807, 2.05) is 31.2 Å². The average Bonchev–Trinajstić information content (AvgIpc) is 2.54. The molecule has 0 aliphatic carbocycles. The smallest absolute Gasteiger partial charge is 0.319 e. The normalized spacial score (nSPS) is 12.6. The zero-order chi connectivity index (χ0) is 15.4. The zero-order valence-corrected chi connectivity index (χ0v) is 12.4. The van der Waals surface area contributed by atoms with Crippen LogP contribution >= 0.6 is 0 Å². The molecule has 1 heterocycles. The lowest BCUT2D eigenvalue weighted by Gasteiger charge is -2.19. The van der Waals surface area contributed by atoms with E-state index in [9.17, 15) is 4.79 Å². The van der Waals surface area contributed by atoms with Crippen molar-refractivity contribution in [3.63, 3.8) is 0 Å². The molecule has 0 radical (unpaired) electrons. The Bertz CT molecular complexity index is 668. The molecule has 0 atom stereocenters. The van der Waals surface area contributed by atoms with Crippen LogP contribution in [0.25, 0.3) is 0 Å². The summed E-state index contributed by atoms with van der Waals surface area (Å²) < 4.78 is 10.9. The highest BCUT2D eigenvalue weighted by molar-refractivity contribution is 5.89. The number of fused-ring (bicyclic) bond motifs is 1. The van der Waals surface area contributed by atoms with Crippen LogP contribution in [0.2, 0.25) is 0 Å². The molecule has 0 aromatic heterocycles. The van der Waals surface area contributed by atoms with E-state index < -0.39 is 0 Å². The van der Waals surface area contributed by atoms with Crippen LogP contribution in [-0.2, 0) is 6.54 Å². The van der Waals surface area contributed by atoms with Gasteiger partial charge in [-0.1, -0.05) is 29.8 Å². The predicted molar refractivity (Wildman–Crippen MR) is 84.5 cm³/mol. The molecule has 2 aromatic rings. The molecule has 2 N–H and O–H groups in total. The van der Waals surface area contributed by atoms with Crippen LogP contribution in [0.4, 0.5) is 10.5 Å². The van der Waals surface area contributed by atoms with Gasteiger partial charge in [-0.05, 0) is 24.6 Å². The molecule has 3 rings (SSSR count). The molecule has 5 nitrogen and oxygen atoms in total. The fourth-order valence-electron chi connectivity index (χ4n) is 2.18. The monoisotopic (exact) mass is 298 g/mol. The second-order valence-electron chi connectivity index (χ2n) is 5.15. The highest BCUT2D eigenvalue weighted by Gasteiger charge is 2.12. The van der Waals surface area contributed by atoms with Crippen molar-refractivity contribution in [2.75, 3.05) is 18.5 Å². The van der Waals surface area contributed by atoms with Crippen molar-refractivity contribution >= 4 is 11.7 Å². The third-order valence-electron chi connectivity index (χ3n) is 3.37. The van der Waals surface area contributed by atoms with Gasteiger partial charge in [0, 0.05) is 18.3 Å². The molecule has 0 spiro atoms. The Balaban J connectivity index is 1.56. The Hall–Kier alpha value is -2.69. The number of rotatable bonds is 3. The first-order chi connectivity index (χ1) is 10.7. The van der Waals surface area contributed by atoms with Gasteiger partial charge in [0.2, 0.25) is 0 Å². The van der Waals surface area contributed by atoms with Gasteiger partial charge in [-0.3, -0.25) is 0 Å². The summed E-state index contributed by atoms with van der Waals surface area (Å²) in [5.74, 6) is 1.36. The van der Waals surface area contributed by atoms with E-state index in [1.54, 1.807) is 18.2 Å². The second kappa shape index (κ2) is 6.39. The molecule has 0 unspecified atom stereocenters. The van der Waals surface area contributed by atoms with E-state index in [4.69, 9.17) is 9.47 Å². The van der Waals surface area contributed by atoms with Crippen LogP contribution in [0.15, 0.2) is 42.5 Å². The standard InChI is InChI=1S/C17H18N2O3/c1-12-2-4-13(5-3-12)11-18-17(20)19-14-6-7-15-16(10-14)22-9-8-21-15/h2-7,10H,8-9,11H2,1H3,(H2,18,19,20). The number of ether oxygens (including phenoxy) is 2. The zero-order valence-electron chi connectivity index (χ0n) is 12.4. The Morgan fingerprint density at radius 2 is 1.77 bits per heavy atom. The second-order valence-corrected chi connectivity index (χ2v) is 5.15. The molecule has 114 valence electrons. The summed E-state index contributed by atoms with van der Waals surface area (Å²) in [4.78, 5) is 11.9. The summed E-state index contributed by atoms with van der Waals surface area (Å²) in [5.41, 5.74) is 2.93. The maximum absolute atomic E-state index is 11.9. The molecule has 0 bridgehead atoms. The predicted octanol–water partition coefficient (Wildman–Crippen LogP) is 3.09. The third-order valence-corrected chi connectivity index (χ3v) is 3.37. The van der Waals surface area contributed by atoms with Crippen LogP contribution in [0.5, 0.6) is 11.5 Å². The van der Waals surface area contributed by atoms with E-state index >= 15 is 0 Å². The number of carbonyl (C=O) groups is 1. The minimum atomic E-state index is -0.253. The third kappa shape index (κ3) is 3.49. The SMILES string of the molecule is Cc1ccc(CNC(=O)Nc2ccc3c(c2)OCCO3)cc1. The highest BCUT2D eigenvalue weighted by Crippen LogP contribution is 2.32. The summed E-state index contributed by atoms with van der Waals surface area (Å²) in [6, 6.07) is 13.1. The first-order valence-corrected chi connectivity index (χ1v) is 7.21. The molecular formula is C17H18N2O3. The van der Waals surface area contributed by atoms with Crippen molar-refractivity contribution in [3.05, 3.63) is 53.6 Å². The van der Waals surface area contributed by atoms with Crippen LogP contribution in [-0.4, -0.2) is 19.2 Å². The molecule has 2 aromatic carbocycles. The van der Waals surface area contributed by atoms with E-state index in [0.29, 0.717) is 36.9 Å². The van der Waals surface area contributed by atoms with Gasteiger partial charge >= 0.3 is 6.03 Å². The molecule has 22 heavy (non-hydrogen) atoms. The average molecular weight is 298 g/mol. The summed E-state index contributed by atoms with van der Waals surface area (Å²) in [6.07, 6.45) is 0.